The number of aliphatic hydroxyl groups is 2. The van der Waals surface area contributed by atoms with Crippen LogP contribution in [0.3, 0.4) is 0 Å². The number of nitrogens with two attached hydrogens (primary N) is 1. The maximum absolute atomic E-state index is 10.7. The number of benzene rings is 1. The first-order chi connectivity index (χ1) is 10.1. The molecule has 1 aromatic carbocycles. The highest BCUT2D eigenvalue weighted by molar-refractivity contribution is 5.39. The minimum absolute atomic E-state index is 0.374. The Bertz CT molecular complexity index is 476. The van der Waals surface area contributed by atoms with Gasteiger partial charge >= 0.3 is 0 Å². The van der Waals surface area contributed by atoms with Crippen LogP contribution in [-0.2, 0) is 0 Å². The molecule has 1 saturated carbocycles. The number of nitrogens with zero attached hydrogens (tertiary/aromatic N) is 1. The molecule has 116 valence electrons. The first-order valence-corrected chi connectivity index (χ1v) is 8.05. The summed E-state index contributed by atoms with van der Waals surface area (Å²) in [7, 11) is 0. The number of fused-ring (bicyclic) bond motifs is 1. The standard InChI is InChI=1S/C17H26N2O2/c18-15-6-4-13(5-7-15)16(20)12-19-10-9-17(21)8-2-1-3-14(17)11-19/h4-7,14,16,20-21H,1-3,8-12,18H2. The van der Waals surface area contributed by atoms with Crippen LogP contribution in [0.5, 0.6) is 0 Å². The Balaban J connectivity index is 1.59. The van der Waals surface area contributed by atoms with Crippen molar-refractivity contribution in [1.29, 1.82) is 0 Å². The van der Waals surface area contributed by atoms with Gasteiger partial charge in [0.05, 0.1) is 11.7 Å². The molecule has 4 heteroatoms. The minimum Gasteiger partial charge on any atom is -0.399 e. The van der Waals surface area contributed by atoms with Crippen LogP contribution in [0.4, 0.5) is 5.69 Å². The Morgan fingerprint density at radius 2 is 2.00 bits per heavy atom. The predicted molar refractivity (Wildman–Crippen MR) is 83.8 cm³/mol. The van der Waals surface area contributed by atoms with Gasteiger partial charge in [-0.25, -0.2) is 0 Å². The Morgan fingerprint density at radius 1 is 1.24 bits per heavy atom. The van der Waals surface area contributed by atoms with E-state index < -0.39 is 11.7 Å². The summed E-state index contributed by atoms with van der Waals surface area (Å²) >= 11 is 0. The number of nitrogen functional groups attached to an aromatic ring is 1. The van der Waals surface area contributed by atoms with Gasteiger partial charge in [-0.1, -0.05) is 25.0 Å². The van der Waals surface area contributed by atoms with E-state index in [1.807, 2.05) is 24.3 Å². The van der Waals surface area contributed by atoms with Crippen molar-refractivity contribution in [3.8, 4) is 0 Å². The van der Waals surface area contributed by atoms with Crippen LogP contribution in [-0.4, -0.2) is 40.3 Å². The van der Waals surface area contributed by atoms with Crippen LogP contribution in [0.25, 0.3) is 0 Å². The van der Waals surface area contributed by atoms with E-state index in [2.05, 4.69) is 4.90 Å². The van der Waals surface area contributed by atoms with Crippen LogP contribution in [0.2, 0.25) is 0 Å². The lowest BCUT2D eigenvalue weighted by Gasteiger charge is -2.47. The molecule has 2 fully saturated rings. The van der Waals surface area contributed by atoms with E-state index in [4.69, 9.17) is 5.73 Å². The molecule has 4 nitrogen and oxygen atoms in total. The van der Waals surface area contributed by atoms with E-state index in [1.165, 1.54) is 6.42 Å². The minimum atomic E-state index is -0.486. The molecular weight excluding hydrogens is 264 g/mol. The van der Waals surface area contributed by atoms with Gasteiger partial charge in [-0.05, 0) is 37.0 Å². The molecule has 0 spiro atoms. The second kappa shape index (κ2) is 5.95. The van der Waals surface area contributed by atoms with Crippen molar-refractivity contribution in [2.75, 3.05) is 25.4 Å². The number of likely N-dealkylation sites (tertiary alicyclic amines) is 1. The third-order valence-electron chi connectivity index (χ3n) is 5.26. The molecule has 3 atom stereocenters. The highest BCUT2D eigenvalue weighted by Gasteiger charge is 2.42. The van der Waals surface area contributed by atoms with Gasteiger partial charge in [-0.15, -0.1) is 0 Å². The average Bonchev–Trinajstić information content (AvgIpc) is 2.48. The van der Waals surface area contributed by atoms with E-state index in [1.54, 1.807) is 0 Å². The zero-order valence-electron chi connectivity index (χ0n) is 12.5. The molecule has 0 aromatic heterocycles. The lowest BCUT2D eigenvalue weighted by atomic mass is 9.71. The molecule has 1 aromatic rings. The summed E-state index contributed by atoms with van der Waals surface area (Å²) in [5, 5.41) is 21.1. The monoisotopic (exact) mass is 290 g/mol. The highest BCUT2D eigenvalue weighted by Crippen LogP contribution is 2.40. The van der Waals surface area contributed by atoms with Crippen molar-refractivity contribution < 1.29 is 10.2 Å². The fourth-order valence-corrected chi connectivity index (χ4v) is 3.87. The third-order valence-corrected chi connectivity index (χ3v) is 5.26. The van der Waals surface area contributed by atoms with Crippen molar-refractivity contribution in [1.82, 2.24) is 4.90 Å². The number of β-amino-alcohol motifs (C(OH)–C–C–N with tert-alkyl or cyclic N) is 1. The van der Waals surface area contributed by atoms with Crippen molar-refractivity contribution in [2.24, 2.45) is 5.92 Å². The fraction of sp³-hybridized carbons (Fsp3) is 0.647. The number of aliphatic hydroxyl groups excluding tert-OH is 1. The Morgan fingerprint density at radius 3 is 2.76 bits per heavy atom. The maximum Gasteiger partial charge on any atom is 0.0916 e. The summed E-state index contributed by atoms with van der Waals surface area (Å²) in [4.78, 5) is 2.30. The zero-order chi connectivity index (χ0) is 14.9. The maximum atomic E-state index is 10.7. The number of hydrogen-bond acceptors (Lipinski definition) is 4. The Kier molecular flexibility index (Phi) is 4.20. The largest absolute Gasteiger partial charge is 0.399 e. The quantitative estimate of drug-likeness (QED) is 0.744. The number of piperidine rings is 1. The van der Waals surface area contributed by atoms with Crippen LogP contribution in [0.1, 0.15) is 43.8 Å². The molecule has 21 heavy (non-hydrogen) atoms. The Labute approximate surface area is 126 Å². The second-order valence-corrected chi connectivity index (χ2v) is 6.74. The Hall–Kier alpha value is -1.10. The molecule has 1 heterocycles. The average molecular weight is 290 g/mol. The van der Waals surface area contributed by atoms with E-state index in [-0.39, 0.29) is 0 Å². The molecule has 2 aliphatic rings. The number of rotatable bonds is 3. The van der Waals surface area contributed by atoms with Gasteiger partial charge in [-0.3, -0.25) is 4.90 Å². The molecule has 1 aliphatic carbocycles. The van der Waals surface area contributed by atoms with E-state index in [0.717, 1.165) is 50.0 Å². The number of anilines is 1. The van der Waals surface area contributed by atoms with Crippen LogP contribution >= 0.6 is 0 Å². The second-order valence-electron chi connectivity index (χ2n) is 6.74. The molecule has 1 aliphatic heterocycles. The van der Waals surface area contributed by atoms with Crippen molar-refractivity contribution in [2.45, 2.75) is 43.8 Å². The predicted octanol–water partition coefficient (Wildman–Crippen LogP) is 1.93. The van der Waals surface area contributed by atoms with Gasteiger partial charge in [0.1, 0.15) is 0 Å². The zero-order valence-corrected chi connectivity index (χ0v) is 12.5. The SMILES string of the molecule is Nc1ccc(C(O)CN2CCC3(O)CCCCC3C2)cc1. The molecule has 0 amide bonds. The van der Waals surface area contributed by atoms with E-state index in [0.29, 0.717) is 12.5 Å². The van der Waals surface area contributed by atoms with Gasteiger partial charge in [0.15, 0.2) is 0 Å². The van der Waals surface area contributed by atoms with Crippen molar-refractivity contribution in [3.63, 3.8) is 0 Å². The first kappa shape index (κ1) is 14.8. The molecule has 1 saturated heterocycles. The summed E-state index contributed by atoms with van der Waals surface area (Å²) in [6.45, 7) is 2.41. The first-order valence-electron chi connectivity index (χ1n) is 8.05. The van der Waals surface area contributed by atoms with Gasteiger partial charge in [0.2, 0.25) is 0 Å². The van der Waals surface area contributed by atoms with Crippen LogP contribution in [0, 0.1) is 5.92 Å². The van der Waals surface area contributed by atoms with E-state index >= 15 is 0 Å². The summed E-state index contributed by atoms with van der Waals surface area (Å²) < 4.78 is 0. The van der Waals surface area contributed by atoms with Crippen molar-refractivity contribution in [3.05, 3.63) is 29.8 Å². The molecule has 0 radical (unpaired) electrons. The number of hydrogen-bond donors (Lipinski definition) is 3. The van der Waals surface area contributed by atoms with Gasteiger partial charge in [-0.2, -0.15) is 0 Å². The van der Waals surface area contributed by atoms with Crippen LogP contribution < -0.4 is 5.73 Å². The van der Waals surface area contributed by atoms with Crippen molar-refractivity contribution >= 4 is 5.69 Å². The summed E-state index contributed by atoms with van der Waals surface area (Å²) in [6.07, 6.45) is 4.80. The summed E-state index contributed by atoms with van der Waals surface area (Å²) in [5.41, 5.74) is 6.87. The lowest BCUT2D eigenvalue weighted by molar-refractivity contribution is -0.0999. The normalized spacial score (nSPS) is 31.6. The fourth-order valence-electron chi connectivity index (χ4n) is 3.87. The third kappa shape index (κ3) is 3.23. The van der Waals surface area contributed by atoms with Gasteiger partial charge < -0.3 is 15.9 Å². The smallest absolute Gasteiger partial charge is 0.0916 e. The molecular formula is C17H26N2O2. The summed E-state index contributed by atoms with van der Waals surface area (Å²) in [5.74, 6) is 0.374. The molecule has 4 N–H and O–H groups in total. The van der Waals surface area contributed by atoms with Crippen LogP contribution in [0.15, 0.2) is 24.3 Å². The molecule has 0 bridgehead atoms. The van der Waals surface area contributed by atoms with Gasteiger partial charge in [0.25, 0.3) is 0 Å². The molecule has 3 rings (SSSR count). The highest BCUT2D eigenvalue weighted by atomic mass is 16.3. The molecule has 3 unspecified atom stereocenters. The lowest BCUT2D eigenvalue weighted by Crippen LogP contribution is -2.53. The van der Waals surface area contributed by atoms with E-state index in [9.17, 15) is 10.2 Å². The topological polar surface area (TPSA) is 69.7 Å². The summed E-state index contributed by atoms with van der Waals surface area (Å²) in [6, 6.07) is 7.44. The van der Waals surface area contributed by atoms with Gasteiger partial charge in [0, 0.05) is 31.2 Å².